The minimum atomic E-state index is -1.98. The highest BCUT2D eigenvalue weighted by Crippen LogP contribution is 2.33. The van der Waals surface area contributed by atoms with E-state index in [2.05, 4.69) is 0 Å². The molecule has 6 heteroatoms. The molecule has 0 aliphatic carbocycles. The highest BCUT2D eigenvalue weighted by Gasteiger charge is 2.25. The van der Waals surface area contributed by atoms with Crippen LogP contribution in [0.4, 0.5) is 0 Å². The average molecular weight is 342 g/mol. The summed E-state index contributed by atoms with van der Waals surface area (Å²) in [5, 5.41) is 0. The van der Waals surface area contributed by atoms with E-state index >= 15 is 0 Å². The Balaban J connectivity index is 1.92. The van der Waals surface area contributed by atoms with Gasteiger partial charge in [0.05, 0.1) is 0 Å². The van der Waals surface area contributed by atoms with Crippen molar-refractivity contribution in [2.75, 3.05) is 13.8 Å². The van der Waals surface area contributed by atoms with Gasteiger partial charge >= 0.3 is 0 Å². The van der Waals surface area contributed by atoms with Crippen molar-refractivity contribution in [1.82, 2.24) is 4.90 Å². The molecule has 2 aromatic carbocycles. The normalized spacial score (nSPS) is 15.1. The van der Waals surface area contributed by atoms with E-state index in [1.165, 1.54) is 11.9 Å². The number of nitrogens with zero attached hydrogens (tertiary/aromatic N) is 1. The molecule has 0 saturated carbocycles. The van der Waals surface area contributed by atoms with E-state index in [9.17, 15) is 9.59 Å². The first-order valence-electron chi connectivity index (χ1n) is 8.81. The second-order valence-corrected chi connectivity index (χ2v) is 5.68. The van der Waals surface area contributed by atoms with E-state index < -0.39 is 24.2 Å². The van der Waals surface area contributed by atoms with E-state index in [0.717, 1.165) is 0 Å². The van der Waals surface area contributed by atoms with E-state index in [1.54, 1.807) is 48.5 Å². The molecule has 130 valence electrons. The van der Waals surface area contributed by atoms with Gasteiger partial charge in [0.25, 0.3) is 5.91 Å². The van der Waals surface area contributed by atoms with Gasteiger partial charge in [-0.1, -0.05) is 30.3 Å². The van der Waals surface area contributed by atoms with Crippen molar-refractivity contribution in [2.45, 2.75) is 18.8 Å². The van der Waals surface area contributed by atoms with Gasteiger partial charge in [-0.3, -0.25) is 9.59 Å². The first-order chi connectivity index (χ1) is 12.8. The third-order valence-corrected chi connectivity index (χ3v) is 3.91. The van der Waals surface area contributed by atoms with Crippen LogP contribution in [-0.4, -0.2) is 36.6 Å². The number of fused-ring (bicyclic) bond motifs is 1. The van der Waals surface area contributed by atoms with Crippen LogP contribution in [0.5, 0.6) is 11.5 Å². The molecule has 1 aliphatic rings. The number of nitrogens with two attached hydrogens (primary N) is 1. The van der Waals surface area contributed by atoms with E-state index in [4.69, 9.17) is 17.9 Å². The third-order valence-electron chi connectivity index (χ3n) is 3.91. The van der Waals surface area contributed by atoms with Gasteiger partial charge in [-0.05, 0) is 30.1 Å². The van der Waals surface area contributed by atoms with Crippen molar-refractivity contribution in [2.24, 2.45) is 5.73 Å². The fourth-order valence-corrected chi connectivity index (χ4v) is 2.58. The molecule has 1 heterocycles. The first-order valence-corrected chi connectivity index (χ1v) is 7.81. The van der Waals surface area contributed by atoms with E-state index in [-0.39, 0.29) is 13.2 Å². The van der Waals surface area contributed by atoms with Gasteiger partial charge < -0.3 is 20.1 Å². The van der Waals surface area contributed by atoms with Crippen LogP contribution in [0.2, 0.25) is 0 Å². The van der Waals surface area contributed by atoms with Crippen molar-refractivity contribution >= 4 is 11.8 Å². The summed E-state index contributed by atoms with van der Waals surface area (Å²) in [4.78, 5) is 25.8. The van der Waals surface area contributed by atoms with Crippen molar-refractivity contribution in [3.63, 3.8) is 0 Å². The number of hydrogen-bond donors (Lipinski definition) is 1. The zero-order valence-corrected chi connectivity index (χ0v) is 13.8. The molecule has 0 spiro atoms. The molecule has 1 atom stereocenters. The lowest BCUT2D eigenvalue weighted by molar-refractivity contribution is -0.118. The zero-order chi connectivity index (χ0) is 19.6. The molecular weight excluding hydrogens is 320 g/mol. The zero-order valence-electron chi connectivity index (χ0n) is 15.8. The summed E-state index contributed by atoms with van der Waals surface area (Å²) in [5.41, 5.74) is 6.01. The SMILES string of the molecule is [2H]C([2H])(c1ccccc1)C(CC(N)=O)N(C)C(=O)c1ccc2c(c1)OCO2. The Bertz CT molecular complexity index is 858. The molecule has 2 N–H and O–H groups in total. The van der Waals surface area contributed by atoms with Gasteiger partial charge in [0.2, 0.25) is 12.7 Å². The van der Waals surface area contributed by atoms with Gasteiger partial charge in [-0.2, -0.15) is 0 Å². The molecule has 0 fully saturated rings. The minimum absolute atomic E-state index is 0.0870. The summed E-state index contributed by atoms with van der Waals surface area (Å²) < 4.78 is 27.6. The summed E-state index contributed by atoms with van der Waals surface area (Å²) in [7, 11) is 1.46. The summed E-state index contributed by atoms with van der Waals surface area (Å²) >= 11 is 0. The Kier molecular flexibility index (Phi) is 4.16. The van der Waals surface area contributed by atoms with Gasteiger partial charge in [0, 0.05) is 27.8 Å². The molecule has 1 unspecified atom stereocenters. The molecule has 2 amide bonds. The maximum atomic E-state index is 13.0. The van der Waals surface area contributed by atoms with Crippen molar-refractivity contribution < 1.29 is 21.8 Å². The molecule has 2 aromatic rings. The molecule has 0 radical (unpaired) electrons. The van der Waals surface area contributed by atoms with Crippen molar-refractivity contribution in [3.8, 4) is 11.5 Å². The number of primary amides is 1. The van der Waals surface area contributed by atoms with E-state index in [0.29, 0.717) is 22.6 Å². The number of carbonyl (C=O) groups excluding carboxylic acids is 2. The van der Waals surface area contributed by atoms with Crippen LogP contribution in [0.25, 0.3) is 0 Å². The first kappa shape index (κ1) is 14.3. The standard InChI is InChI=1S/C19H20N2O4/c1-21(15(11-18(20)22)9-13-5-3-2-4-6-13)19(23)14-7-8-16-17(10-14)25-12-24-16/h2-8,10,15H,9,11-12H2,1H3,(H2,20,22)/i9D2. The van der Waals surface area contributed by atoms with Crippen LogP contribution in [-0.2, 0) is 11.2 Å². The minimum Gasteiger partial charge on any atom is -0.454 e. The van der Waals surface area contributed by atoms with Gasteiger partial charge in [0.15, 0.2) is 11.5 Å². The molecular formula is C19H20N2O4. The quantitative estimate of drug-likeness (QED) is 0.870. The van der Waals surface area contributed by atoms with E-state index in [1.807, 2.05) is 0 Å². The smallest absolute Gasteiger partial charge is 0.254 e. The number of rotatable bonds is 6. The topological polar surface area (TPSA) is 81.9 Å². The number of hydrogen-bond acceptors (Lipinski definition) is 4. The van der Waals surface area contributed by atoms with Crippen LogP contribution in [0, 0.1) is 0 Å². The molecule has 0 bridgehead atoms. The monoisotopic (exact) mass is 342 g/mol. The van der Waals surface area contributed by atoms with Crippen LogP contribution in [0.1, 0.15) is 25.1 Å². The Morgan fingerprint density at radius 2 is 1.92 bits per heavy atom. The molecule has 6 nitrogen and oxygen atoms in total. The lowest BCUT2D eigenvalue weighted by Crippen LogP contribution is -2.41. The predicted octanol–water partition coefficient (Wildman–Crippen LogP) is 1.97. The highest BCUT2D eigenvalue weighted by molar-refractivity contribution is 5.95. The second kappa shape index (κ2) is 7.25. The lowest BCUT2D eigenvalue weighted by Gasteiger charge is -2.28. The maximum absolute atomic E-state index is 13.0. The second-order valence-electron chi connectivity index (χ2n) is 5.68. The number of amides is 2. The number of likely N-dealkylation sites (N-methyl/N-ethyl adjacent to an activating group) is 1. The summed E-state index contributed by atoms with van der Waals surface area (Å²) in [5.74, 6) is -0.140. The van der Waals surface area contributed by atoms with Crippen LogP contribution in [0.3, 0.4) is 0 Å². The number of carbonyl (C=O) groups is 2. The largest absolute Gasteiger partial charge is 0.454 e. The molecule has 0 saturated heterocycles. The summed E-state index contributed by atoms with van der Waals surface area (Å²) in [6.07, 6.45) is -2.29. The Morgan fingerprint density at radius 3 is 2.64 bits per heavy atom. The lowest BCUT2D eigenvalue weighted by atomic mass is 10.0. The van der Waals surface area contributed by atoms with Gasteiger partial charge in [-0.15, -0.1) is 0 Å². The molecule has 1 aliphatic heterocycles. The fraction of sp³-hybridized carbons (Fsp3) is 0.263. The number of benzene rings is 2. The summed E-state index contributed by atoms with van der Waals surface area (Å²) in [6.45, 7) is 0.0870. The van der Waals surface area contributed by atoms with Crippen molar-refractivity contribution in [3.05, 3.63) is 59.7 Å². The van der Waals surface area contributed by atoms with Gasteiger partial charge in [0.1, 0.15) is 0 Å². The average Bonchev–Trinajstić information content (AvgIpc) is 3.13. The highest BCUT2D eigenvalue weighted by atomic mass is 16.7. The Labute approximate surface area is 148 Å². The summed E-state index contributed by atoms with van der Waals surface area (Å²) in [6, 6.07) is 12.1. The van der Waals surface area contributed by atoms with Crippen LogP contribution >= 0.6 is 0 Å². The molecule has 25 heavy (non-hydrogen) atoms. The maximum Gasteiger partial charge on any atom is 0.254 e. The Morgan fingerprint density at radius 1 is 1.20 bits per heavy atom. The van der Waals surface area contributed by atoms with Crippen LogP contribution < -0.4 is 15.2 Å². The molecule has 3 rings (SSSR count). The Hall–Kier alpha value is -3.02. The number of ether oxygens (including phenoxy) is 2. The predicted molar refractivity (Wildman–Crippen MR) is 92.4 cm³/mol. The van der Waals surface area contributed by atoms with Gasteiger partial charge in [-0.25, -0.2) is 0 Å². The molecule has 0 aromatic heterocycles. The fourth-order valence-electron chi connectivity index (χ4n) is 2.58. The van der Waals surface area contributed by atoms with Crippen molar-refractivity contribution in [1.29, 1.82) is 0 Å². The third kappa shape index (κ3) is 3.91. The van der Waals surface area contributed by atoms with Crippen LogP contribution in [0.15, 0.2) is 48.5 Å².